The van der Waals surface area contributed by atoms with Gasteiger partial charge >= 0.3 is 5.91 Å². The molecule has 0 saturated carbocycles. The van der Waals surface area contributed by atoms with Crippen LogP contribution in [0.2, 0.25) is 0 Å². The molecule has 1 saturated heterocycles. The summed E-state index contributed by atoms with van der Waals surface area (Å²) in [5.41, 5.74) is 3.74. The van der Waals surface area contributed by atoms with Crippen LogP contribution >= 0.6 is 0 Å². The number of fused-ring (bicyclic) bond motifs is 2. The number of amides is 1. The molecule has 2 aliphatic heterocycles. The third kappa shape index (κ3) is 3.61. The minimum absolute atomic E-state index is 0.0647. The molecule has 0 N–H and O–H groups in total. The molecule has 35 heavy (non-hydrogen) atoms. The van der Waals surface area contributed by atoms with E-state index in [1.54, 1.807) is 27.7 Å². The van der Waals surface area contributed by atoms with E-state index in [-0.39, 0.29) is 5.56 Å². The van der Waals surface area contributed by atoms with Gasteiger partial charge in [-0.05, 0) is 30.3 Å². The summed E-state index contributed by atoms with van der Waals surface area (Å²) >= 11 is 0. The molecule has 0 aliphatic carbocycles. The number of ketones is 1. The van der Waals surface area contributed by atoms with Crippen LogP contribution < -0.4 is 15.4 Å². The molecule has 1 fully saturated rings. The molecule has 0 radical (unpaired) electrons. The summed E-state index contributed by atoms with van der Waals surface area (Å²) in [6, 6.07) is 26.5. The molecule has 6 rings (SSSR count). The van der Waals surface area contributed by atoms with Crippen molar-refractivity contribution in [2.45, 2.75) is 0 Å². The van der Waals surface area contributed by atoms with Gasteiger partial charge in [0, 0.05) is 43.3 Å². The van der Waals surface area contributed by atoms with Gasteiger partial charge < -0.3 is 4.90 Å². The monoisotopic (exact) mass is 464 g/mol. The van der Waals surface area contributed by atoms with Crippen molar-refractivity contribution in [3.63, 3.8) is 0 Å². The standard InChI is InChI=1S/C28H24N4O3/c33-26-18-25(21-10-4-7-13-24(21)32(26)20-8-2-1-3-9-20)30-16-14-29(15-17-30)19-31-23-12-6-5-11-22(23)27(34)28(31)35/h1-13,18H,14-17,19H2. The van der Waals surface area contributed by atoms with Crippen molar-refractivity contribution in [1.82, 2.24) is 9.47 Å². The van der Waals surface area contributed by atoms with E-state index in [0.29, 0.717) is 17.9 Å². The van der Waals surface area contributed by atoms with E-state index >= 15 is 0 Å². The summed E-state index contributed by atoms with van der Waals surface area (Å²) in [6.45, 7) is 3.26. The second kappa shape index (κ2) is 8.52. The molecule has 7 heteroatoms. The second-order valence-corrected chi connectivity index (χ2v) is 8.88. The number of nitrogens with zero attached hydrogens (tertiary/aromatic N) is 4. The van der Waals surface area contributed by atoms with Gasteiger partial charge in [-0.2, -0.15) is 0 Å². The predicted molar refractivity (Wildman–Crippen MR) is 136 cm³/mol. The van der Waals surface area contributed by atoms with Crippen LogP contribution in [-0.4, -0.2) is 54.0 Å². The average molecular weight is 465 g/mol. The number of anilines is 2. The van der Waals surface area contributed by atoms with Gasteiger partial charge in [0.25, 0.3) is 11.3 Å². The Bertz CT molecular complexity index is 1500. The van der Waals surface area contributed by atoms with Gasteiger partial charge in [-0.15, -0.1) is 0 Å². The van der Waals surface area contributed by atoms with Crippen LogP contribution in [0.25, 0.3) is 16.6 Å². The number of hydrogen-bond acceptors (Lipinski definition) is 5. The number of carbonyl (C=O) groups excluding carboxylic acids is 2. The Labute approximate surface area is 202 Å². The largest absolute Gasteiger partial charge is 0.368 e. The van der Waals surface area contributed by atoms with Gasteiger partial charge in [-0.25, -0.2) is 0 Å². The lowest BCUT2D eigenvalue weighted by atomic mass is 10.1. The summed E-state index contributed by atoms with van der Waals surface area (Å²) in [7, 11) is 0. The molecular formula is C28H24N4O3. The van der Waals surface area contributed by atoms with E-state index in [4.69, 9.17) is 0 Å². The first-order valence-electron chi connectivity index (χ1n) is 11.7. The molecule has 174 valence electrons. The maximum Gasteiger partial charge on any atom is 0.300 e. The fourth-order valence-corrected chi connectivity index (χ4v) is 5.09. The molecule has 0 bridgehead atoms. The Kier molecular flexibility index (Phi) is 5.19. The number of carbonyl (C=O) groups is 2. The van der Waals surface area contributed by atoms with Crippen molar-refractivity contribution in [2.24, 2.45) is 0 Å². The van der Waals surface area contributed by atoms with Crippen molar-refractivity contribution in [3.05, 3.63) is 101 Å². The lowest BCUT2D eigenvalue weighted by Gasteiger charge is -2.38. The highest BCUT2D eigenvalue weighted by atomic mass is 16.2. The second-order valence-electron chi connectivity index (χ2n) is 8.88. The Morgan fingerprint density at radius 1 is 0.686 bits per heavy atom. The Morgan fingerprint density at radius 3 is 2.17 bits per heavy atom. The third-order valence-corrected chi connectivity index (χ3v) is 6.85. The highest BCUT2D eigenvalue weighted by Gasteiger charge is 2.36. The van der Waals surface area contributed by atoms with Crippen LogP contribution in [0.15, 0.2) is 89.7 Å². The lowest BCUT2D eigenvalue weighted by molar-refractivity contribution is -0.114. The maximum absolute atomic E-state index is 13.2. The highest BCUT2D eigenvalue weighted by Crippen LogP contribution is 2.30. The van der Waals surface area contributed by atoms with E-state index in [0.717, 1.165) is 48.5 Å². The van der Waals surface area contributed by atoms with E-state index < -0.39 is 11.7 Å². The Morgan fingerprint density at radius 2 is 1.37 bits per heavy atom. The summed E-state index contributed by atoms with van der Waals surface area (Å²) < 4.78 is 1.75. The maximum atomic E-state index is 13.2. The number of hydrogen-bond donors (Lipinski definition) is 0. The third-order valence-electron chi connectivity index (χ3n) is 6.85. The van der Waals surface area contributed by atoms with Gasteiger partial charge in [-0.1, -0.05) is 48.5 Å². The van der Waals surface area contributed by atoms with Gasteiger partial charge in [0.2, 0.25) is 0 Å². The van der Waals surface area contributed by atoms with Gasteiger partial charge in [0.1, 0.15) is 0 Å². The molecule has 0 atom stereocenters. The molecule has 3 aromatic carbocycles. The zero-order chi connectivity index (χ0) is 23.9. The van der Waals surface area contributed by atoms with Crippen LogP contribution in [0, 0.1) is 0 Å². The molecule has 4 aromatic rings. The van der Waals surface area contributed by atoms with E-state index in [2.05, 4.69) is 15.9 Å². The first-order valence-corrected chi connectivity index (χ1v) is 11.7. The quantitative estimate of drug-likeness (QED) is 0.434. The minimum Gasteiger partial charge on any atom is -0.368 e. The summed E-state index contributed by atoms with van der Waals surface area (Å²) in [4.78, 5) is 44.1. The van der Waals surface area contributed by atoms with Crippen LogP contribution in [0.4, 0.5) is 11.4 Å². The summed E-state index contributed by atoms with van der Waals surface area (Å²) in [6.07, 6.45) is 0. The molecule has 1 amide bonds. The number of Topliss-reactive ketones (excluding diaryl/α,β-unsaturated/α-hetero) is 1. The smallest absolute Gasteiger partial charge is 0.300 e. The Hall–Kier alpha value is -4.23. The van der Waals surface area contributed by atoms with E-state index in [9.17, 15) is 14.4 Å². The SMILES string of the molecule is O=C1C(=O)N(CN2CCN(c3cc(=O)n(-c4ccccc4)c4ccccc34)CC2)c2ccccc21. The van der Waals surface area contributed by atoms with Crippen LogP contribution in [0.3, 0.4) is 0 Å². The lowest BCUT2D eigenvalue weighted by Crippen LogP contribution is -2.51. The zero-order valence-electron chi connectivity index (χ0n) is 19.1. The van der Waals surface area contributed by atoms with Crippen molar-refractivity contribution >= 4 is 34.0 Å². The number of aromatic nitrogens is 1. The number of benzene rings is 3. The molecular weight excluding hydrogens is 440 g/mol. The van der Waals surface area contributed by atoms with Crippen molar-refractivity contribution in [3.8, 4) is 5.69 Å². The number of piperazine rings is 1. The van der Waals surface area contributed by atoms with E-state index in [1.807, 2.05) is 60.7 Å². The average Bonchev–Trinajstić information content (AvgIpc) is 3.14. The van der Waals surface area contributed by atoms with Crippen LogP contribution in [-0.2, 0) is 4.79 Å². The molecule has 0 spiro atoms. The number of para-hydroxylation sites is 3. The van der Waals surface area contributed by atoms with Gasteiger partial charge in [0.15, 0.2) is 0 Å². The fourth-order valence-electron chi connectivity index (χ4n) is 5.09. The Balaban J connectivity index is 1.25. The summed E-state index contributed by atoms with van der Waals surface area (Å²) in [5, 5.41) is 1.03. The molecule has 2 aliphatic rings. The predicted octanol–water partition coefficient (Wildman–Crippen LogP) is 3.30. The normalized spacial score (nSPS) is 16.2. The molecule has 7 nitrogen and oxygen atoms in total. The molecule has 0 unspecified atom stereocenters. The summed E-state index contributed by atoms with van der Waals surface area (Å²) in [5.74, 6) is -0.908. The van der Waals surface area contributed by atoms with Crippen molar-refractivity contribution in [2.75, 3.05) is 42.6 Å². The zero-order valence-corrected chi connectivity index (χ0v) is 19.1. The van der Waals surface area contributed by atoms with Gasteiger partial charge in [0.05, 0.1) is 29.1 Å². The topological polar surface area (TPSA) is 65.9 Å². The van der Waals surface area contributed by atoms with Crippen molar-refractivity contribution in [1.29, 1.82) is 0 Å². The van der Waals surface area contributed by atoms with Gasteiger partial charge in [-0.3, -0.25) is 28.8 Å². The van der Waals surface area contributed by atoms with Crippen LogP contribution in [0.5, 0.6) is 0 Å². The molecule has 1 aromatic heterocycles. The number of rotatable bonds is 4. The van der Waals surface area contributed by atoms with Crippen LogP contribution in [0.1, 0.15) is 10.4 Å². The first kappa shape index (κ1) is 21.3. The minimum atomic E-state index is -0.468. The van der Waals surface area contributed by atoms with E-state index in [1.165, 1.54) is 0 Å². The first-order chi connectivity index (χ1) is 17.1. The van der Waals surface area contributed by atoms with Crippen molar-refractivity contribution < 1.29 is 9.59 Å². The molecule has 3 heterocycles. The highest BCUT2D eigenvalue weighted by molar-refractivity contribution is 6.52. The number of pyridine rings is 1. The fraction of sp³-hybridized carbons (Fsp3) is 0.179.